The summed E-state index contributed by atoms with van der Waals surface area (Å²) in [4.78, 5) is 33.3. The van der Waals surface area contributed by atoms with Crippen LogP contribution in [0.4, 0.5) is 5.69 Å². The van der Waals surface area contributed by atoms with Crippen molar-refractivity contribution < 1.29 is 4.79 Å². The van der Waals surface area contributed by atoms with Crippen LogP contribution in [-0.2, 0) is 24.1 Å². The molecule has 0 atom stereocenters. The zero-order chi connectivity index (χ0) is 18.7. The molecule has 7 heteroatoms. The molecule has 7 nitrogen and oxygen atoms in total. The smallest absolute Gasteiger partial charge is 0.277 e. The third-order valence-electron chi connectivity index (χ3n) is 4.60. The number of H-pyrrole nitrogens is 1. The highest BCUT2D eigenvalue weighted by Gasteiger charge is 2.14. The molecule has 2 aromatic heterocycles. The zero-order valence-electron chi connectivity index (χ0n) is 15.3. The molecule has 0 unspecified atom stereocenters. The maximum absolute atomic E-state index is 12.5. The van der Waals surface area contributed by atoms with E-state index in [4.69, 9.17) is 0 Å². The van der Waals surface area contributed by atoms with Gasteiger partial charge in [-0.15, -0.1) is 0 Å². The number of benzene rings is 1. The number of hydrogen-bond donors (Lipinski definition) is 2. The van der Waals surface area contributed by atoms with Gasteiger partial charge in [0.2, 0.25) is 5.91 Å². The van der Waals surface area contributed by atoms with E-state index in [2.05, 4.69) is 34.2 Å². The molecule has 0 aliphatic heterocycles. The van der Waals surface area contributed by atoms with Gasteiger partial charge in [-0.05, 0) is 37.3 Å². The number of nitrogens with one attached hydrogen (secondary N) is 2. The number of fused-ring (bicyclic) bond motifs is 1. The molecule has 0 spiro atoms. The Bertz CT molecular complexity index is 981. The monoisotopic (exact) mass is 353 g/mol. The lowest BCUT2D eigenvalue weighted by molar-refractivity contribution is -0.116. The van der Waals surface area contributed by atoms with Gasteiger partial charge < -0.3 is 5.32 Å². The minimum Gasteiger partial charge on any atom is -0.326 e. The summed E-state index contributed by atoms with van der Waals surface area (Å²) in [5, 5.41) is 5.78. The molecule has 136 valence electrons. The molecule has 26 heavy (non-hydrogen) atoms. The number of nitrogens with zero attached hydrogens (tertiary/aromatic N) is 3. The van der Waals surface area contributed by atoms with Crippen molar-refractivity contribution in [2.24, 2.45) is 0 Å². The maximum Gasteiger partial charge on any atom is 0.277 e. The van der Waals surface area contributed by atoms with Gasteiger partial charge in [0.1, 0.15) is 6.33 Å². The van der Waals surface area contributed by atoms with E-state index in [1.807, 2.05) is 18.2 Å². The van der Waals surface area contributed by atoms with Gasteiger partial charge >= 0.3 is 0 Å². The van der Waals surface area contributed by atoms with Crippen molar-refractivity contribution in [2.45, 2.75) is 46.5 Å². The Morgan fingerprint density at radius 1 is 1.23 bits per heavy atom. The number of para-hydroxylation sites is 1. The number of hydrogen-bond acceptors (Lipinski definition) is 4. The Hall–Kier alpha value is -2.96. The lowest BCUT2D eigenvalue weighted by Gasteiger charge is -2.14. The second kappa shape index (κ2) is 7.51. The third-order valence-corrected chi connectivity index (χ3v) is 4.60. The molecule has 0 fully saturated rings. The fourth-order valence-electron chi connectivity index (χ4n) is 3.13. The Kier molecular flexibility index (Phi) is 5.16. The summed E-state index contributed by atoms with van der Waals surface area (Å²) in [6.45, 7) is 5.91. The lowest BCUT2D eigenvalue weighted by atomic mass is 10.0. The van der Waals surface area contributed by atoms with Gasteiger partial charge in [0.05, 0.1) is 5.69 Å². The maximum atomic E-state index is 12.5. The normalized spacial score (nSPS) is 11.0. The van der Waals surface area contributed by atoms with Crippen LogP contribution in [0.5, 0.6) is 0 Å². The van der Waals surface area contributed by atoms with Crippen LogP contribution in [0.1, 0.15) is 42.7 Å². The minimum atomic E-state index is -0.207. The van der Waals surface area contributed by atoms with Crippen LogP contribution >= 0.6 is 0 Å². The van der Waals surface area contributed by atoms with Gasteiger partial charge in [-0.2, -0.15) is 4.52 Å². The average molecular weight is 353 g/mol. The Morgan fingerprint density at radius 2 is 1.92 bits per heavy atom. The Morgan fingerprint density at radius 3 is 2.58 bits per heavy atom. The minimum absolute atomic E-state index is 0.103. The van der Waals surface area contributed by atoms with Crippen LogP contribution in [0.2, 0.25) is 0 Å². The van der Waals surface area contributed by atoms with E-state index < -0.39 is 0 Å². The number of carbonyl (C=O) groups excluding carboxylic acids is 1. The Balaban J connectivity index is 1.77. The number of carbonyl (C=O) groups is 1. The highest BCUT2D eigenvalue weighted by molar-refractivity contribution is 5.92. The molecule has 0 saturated heterocycles. The predicted octanol–water partition coefficient (Wildman–Crippen LogP) is 2.42. The highest BCUT2D eigenvalue weighted by Crippen LogP contribution is 2.23. The molecule has 0 aliphatic rings. The first kappa shape index (κ1) is 17.8. The van der Waals surface area contributed by atoms with Crippen LogP contribution in [0.25, 0.3) is 5.78 Å². The molecule has 0 radical (unpaired) electrons. The summed E-state index contributed by atoms with van der Waals surface area (Å²) >= 11 is 0. The van der Waals surface area contributed by atoms with Gasteiger partial charge in [0, 0.05) is 17.7 Å². The van der Waals surface area contributed by atoms with Crippen LogP contribution in [0.15, 0.2) is 29.3 Å². The van der Waals surface area contributed by atoms with Gasteiger partial charge in [0.15, 0.2) is 0 Å². The van der Waals surface area contributed by atoms with Crippen molar-refractivity contribution in [3.8, 4) is 0 Å². The predicted molar refractivity (Wildman–Crippen MR) is 100 cm³/mol. The molecule has 2 N–H and O–H groups in total. The summed E-state index contributed by atoms with van der Waals surface area (Å²) in [5.41, 5.74) is 4.07. The van der Waals surface area contributed by atoms with Crippen molar-refractivity contribution in [3.63, 3.8) is 0 Å². The average Bonchev–Trinajstić information content (AvgIpc) is 3.10. The highest BCUT2D eigenvalue weighted by atomic mass is 16.1. The van der Waals surface area contributed by atoms with Gasteiger partial charge in [0.25, 0.3) is 11.3 Å². The van der Waals surface area contributed by atoms with E-state index in [1.165, 1.54) is 10.8 Å². The number of amides is 1. The summed E-state index contributed by atoms with van der Waals surface area (Å²) in [5.74, 6) is 0.235. The molecule has 0 aliphatic carbocycles. The first-order chi connectivity index (χ1) is 12.5. The van der Waals surface area contributed by atoms with Crippen LogP contribution < -0.4 is 10.9 Å². The molecule has 2 heterocycles. The zero-order valence-corrected chi connectivity index (χ0v) is 15.3. The van der Waals surface area contributed by atoms with Crippen molar-refractivity contribution in [3.05, 3.63) is 57.3 Å². The Labute approximate surface area is 151 Å². The number of aromatic amines is 1. The summed E-state index contributed by atoms with van der Waals surface area (Å²) < 4.78 is 1.29. The summed E-state index contributed by atoms with van der Waals surface area (Å²) in [6, 6.07) is 6.08. The quantitative estimate of drug-likeness (QED) is 0.712. The molecule has 0 bridgehead atoms. The molecular formula is C19H23N5O2. The second-order valence-corrected chi connectivity index (χ2v) is 6.21. The van der Waals surface area contributed by atoms with E-state index in [9.17, 15) is 9.59 Å². The van der Waals surface area contributed by atoms with Crippen LogP contribution in [0.3, 0.4) is 0 Å². The topological polar surface area (TPSA) is 92.2 Å². The summed E-state index contributed by atoms with van der Waals surface area (Å²) in [6.07, 6.45) is 3.68. The molecule has 1 amide bonds. The van der Waals surface area contributed by atoms with E-state index in [-0.39, 0.29) is 17.9 Å². The van der Waals surface area contributed by atoms with Crippen LogP contribution in [0, 0.1) is 6.92 Å². The van der Waals surface area contributed by atoms with Gasteiger partial charge in [-0.3, -0.25) is 14.7 Å². The fourth-order valence-corrected chi connectivity index (χ4v) is 3.13. The first-order valence-electron chi connectivity index (χ1n) is 8.87. The molecular weight excluding hydrogens is 330 g/mol. The van der Waals surface area contributed by atoms with Crippen molar-refractivity contribution in [1.82, 2.24) is 19.6 Å². The van der Waals surface area contributed by atoms with Gasteiger partial charge in [-0.25, -0.2) is 9.97 Å². The fraction of sp³-hybridized carbons (Fsp3) is 0.368. The van der Waals surface area contributed by atoms with Crippen molar-refractivity contribution >= 4 is 17.4 Å². The largest absolute Gasteiger partial charge is 0.326 e. The van der Waals surface area contributed by atoms with E-state index in [0.717, 1.165) is 29.7 Å². The van der Waals surface area contributed by atoms with E-state index >= 15 is 0 Å². The molecule has 0 saturated carbocycles. The number of rotatable bonds is 6. The lowest BCUT2D eigenvalue weighted by Crippen LogP contribution is -2.24. The van der Waals surface area contributed by atoms with E-state index in [0.29, 0.717) is 23.5 Å². The first-order valence-corrected chi connectivity index (χ1v) is 8.87. The number of aromatic nitrogens is 4. The second-order valence-electron chi connectivity index (χ2n) is 6.21. The van der Waals surface area contributed by atoms with E-state index in [1.54, 1.807) is 6.92 Å². The molecule has 1 aromatic carbocycles. The summed E-state index contributed by atoms with van der Waals surface area (Å²) in [7, 11) is 0. The third kappa shape index (κ3) is 3.37. The number of anilines is 1. The standard InChI is InChI=1S/C19H23N5O2/c1-4-13-7-6-8-14(5-2)17(13)23-16(25)10-9-15-12(3)22-19-20-11-21-24(19)18(15)26/h6-8,11H,4-5,9-10H2,1-3H3,(H,23,25)(H,20,21,22). The van der Waals surface area contributed by atoms with Crippen molar-refractivity contribution in [2.75, 3.05) is 5.32 Å². The molecule has 3 rings (SSSR count). The van der Waals surface area contributed by atoms with Gasteiger partial charge in [-0.1, -0.05) is 32.0 Å². The van der Waals surface area contributed by atoms with Crippen LogP contribution in [-0.4, -0.2) is 25.5 Å². The SMILES string of the molecule is CCc1cccc(CC)c1NC(=O)CCc1c(C)nc2nc[nH]n2c1=O. The number of aryl methyl sites for hydroxylation is 3. The molecule has 3 aromatic rings. The van der Waals surface area contributed by atoms with Crippen molar-refractivity contribution in [1.29, 1.82) is 0 Å².